The van der Waals surface area contributed by atoms with Crippen LogP contribution in [-0.4, -0.2) is 34.1 Å². The SMILES string of the molecule is Cc1nc(N2CCC(C(=O)O)(C(C)C)C2)ccc1[N+](=O)[O-]. The van der Waals surface area contributed by atoms with Gasteiger partial charge in [0.25, 0.3) is 5.69 Å². The van der Waals surface area contributed by atoms with Crippen LogP contribution in [0.2, 0.25) is 0 Å². The maximum atomic E-state index is 11.6. The first-order valence-corrected chi connectivity index (χ1v) is 6.88. The maximum Gasteiger partial charge on any atom is 0.311 e. The third kappa shape index (κ3) is 2.55. The van der Waals surface area contributed by atoms with Crippen LogP contribution in [0, 0.1) is 28.4 Å². The standard InChI is InChI=1S/C14H19N3O4/c1-9(2)14(13(18)19)6-7-16(8-14)12-5-4-11(17(20)21)10(3)15-12/h4-5,9H,6-8H2,1-3H3,(H,18,19). The first-order valence-electron chi connectivity index (χ1n) is 6.88. The van der Waals surface area contributed by atoms with E-state index in [0.717, 1.165) is 0 Å². The number of anilines is 1. The Morgan fingerprint density at radius 3 is 2.62 bits per heavy atom. The van der Waals surface area contributed by atoms with Crippen molar-refractivity contribution in [1.29, 1.82) is 0 Å². The largest absolute Gasteiger partial charge is 0.481 e. The highest BCUT2D eigenvalue weighted by atomic mass is 16.6. The first-order chi connectivity index (χ1) is 9.78. The molecule has 0 aliphatic carbocycles. The number of aliphatic carboxylic acids is 1. The van der Waals surface area contributed by atoms with Crippen LogP contribution in [0.1, 0.15) is 26.0 Å². The van der Waals surface area contributed by atoms with Gasteiger partial charge in [-0.15, -0.1) is 0 Å². The van der Waals surface area contributed by atoms with Crippen LogP contribution in [-0.2, 0) is 4.79 Å². The number of aromatic nitrogens is 1. The van der Waals surface area contributed by atoms with Crippen molar-refractivity contribution in [3.8, 4) is 0 Å². The molecular formula is C14H19N3O4. The van der Waals surface area contributed by atoms with E-state index in [9.17, 15) is 20.0 Å². The molecule has 2 heterocycles. The van der Waals surface area contributed by atoms with Crippen molar-refractivity contribution in [2.75, 3.05) is 18.0 Å². The number of rotatable bonds is 4. The molecule has 1 unspecified atom stereocenters. The Balaban J connectivity index is 2.28. The molecule has 1 N–H and O–H groups in total. The third-order valence-electron chi connectivity index (χ3n) is 4.40. The minimum absolute atomic E-state index is 0.0131. The van der Waals surface area contributed by atoms with Crippen LogP contribution in [0.15, 0.2) is 12.1 Å². The molecule has 1 atom stereocenters. The van der Waals surface area contributed by atoms with Gasteiger partial charge in [0.15, 0.2) is 0 Å². The summed E-state index contributed by atoms with van der Waals surface area (Å²) < 4.78 is 0. The van der Waals surface area contributed by atoms with E-state index < -0.39 is 16.3 Å². The van der Waals surface area contributed by atoms with E-state index in [1.165, 1.54) is 6.07 Å². The molecule has 1 aromatic heterocycles. The van der Waals surface area contributed by atoms with E-state index in [4.69, 9.17) is 0 Å². The summed E-state index contributed by atoms with van der Waals surface area (Å²) in [6, 6.07) is 3.01. The fraction of sp³-hybridized carbons (Fsp3) is 0.571. The van der Waals surface area contributed by atoms with Gasteiger partial charge < -0.3 is 10.0 Å². The van der Waals surface area contributed by atoms with Gasteiger partial charge in [-0.2, -0.15) is 0 Å². The first kappa shape index (κ1) is 15.2. The fourth-order valence-corrected chi connectivity index (χ4v) is 2.83. The zero-order valence-electron chi connectivity index (χ0n) is 12.4. The lowest BCUT2D eigenvalue weighted by Crippen LogP contribution is -2.39. The lowest BCUT2D eigenvalue weighted by molar-refractivity contribution is -0.385. The number of hydrogen-bond acceptors (Lipinski definition) is 5. The molecule has 1 aliphatic rings. The molecule has 7 nitrogen and oxygen atoms in total. The molecule has 0 radical (unpaired) electrons. The normalized spacial score (nSPS) is 21.8. The van der Waals surface area contributed by atoms with Crippen LogP contribution >= 0.6 is 0 Å². The molecule has 0 amide bonds. The van der Waals surface area contributed by atoms with Crippen molar-refractivity contribution < 1.29 is 14.8 Å². The highest BCUT2D eigenvalue weighted by Crippen LogP contribution is 2.39. The predicted molar refractivity (Wildman–Crippen MR) is 77.4 cm³/mol. The Hall–Kier alpha value is -2.18. The van der Waals surface area contributed by atoms with E-state index in [1.807, 2.05) is 18.7 Å². The number of nitro groups is 1. The molecular weight excluding hydrogens is 274 g/mol. The van der Waals surface area contributed by atoms with Gasteiger partial charge in [0.2, 0.25) is 0 Å². The molecule has 1 aliphatic heterocycles. The topological polar surface area (TPSA) is 96.6 Å². The Bertz CT molecular complexity index is 588. The summed E-state index contributed by atoms with van der Waals surface area (Å²) in [6.07, 6.45) is 0.553. The van der Waals surface area contributed by atoms with Crippen molar-refractivity contribution in [1.82, 2.24) is 4.98 Å². The molecule has 0 saturated carbocycles. The van der Waals surface area contributed by atoms with Crippen LogP contribution in [0.5, 0.6) is 0 Å². The second-order valence-corrected chi connectivity index (χ2v) is 5.82. The highest BCUT2D eigenvalue weighted by Gasteiger charge is 2.47. The van der Waals surface area contributed by atoms with Crippen LogP contribution < -0.4 is 4.90 Å². The Morgan fingerprint density at radius 2 is 2.19 bits per heavy atom. The summed E-state index contributed by atoms with van der Waals surface area (Å²) >= 11 is 0. The summed E-state index contributed by atoms with van der Waals surface area (Å²) in [5.41, 5.74) is -0.460. The molecule has 1 fully saturated rings. The van der Waals surface area contributed by atoms with Gasteiger partial charge in [0.05, 0.1) is 10.3 Å². The van der Waals surface area contributed by atoms with Gasteiger partial charge in [-0.05, 0) is 25.3 Å². The number of pyridine rings is 1. The summed E-state index contributed by atoms with van der Waals surface area (Å²) in [6.45, 7) is 6.38. The molecule has 21 heavy (non-hydrogen) atoms. The quantitative estimate of drug-likeness (QED) is 0.675. The summed E-state index contributed by atoms with van der Waals surface area (Å²) in [5.74, 6) is -0.181. The number of carbonyl (C=O) groups is 1. The zero-order chi connectivity index (χ0) is 15.8. The summed E-state index contributed by atoms with van der Waals surface area (Å²) in [5, 5.41) is 20.3. The highest BCUT2D eigenvalue weighted by molar-refractivity contribution is 5.77. The van der Waals surface area contributed by atoms with Gasteiger partial charge in [-0.3, -0.25) is 14.9 Å². The van der Waals surface area contributed by atoms with Gasteiger partial charge in [-0.25, -0.2) is 4.98 Å². The lowest BCUT2D eigenvalue weighted by atomic mass is 9.76. The van der Waals surface area contributed by atoms with Crippen LogP contribution in [0.4, 0.5) is 11.5 Å². The zero-order valence-corrected chi connectivity index (χ0v) is 12.4. The molecule has 1 saturated heterocycles. The van der Waals surface area contributed by atoms with Gasteiger partial charge >= 0.3 is 5.97 Å². The van der Waals surface area contributed by atoms with Crippen molar-refractivity contribution in [3.05, 3.63) is 27.9 Å². The molecule has 2 rings (SSSR count). The Morgan fingerprint density at radius 1 is 1.52 bits per heavy atom. The second kappa shape index (κ2) is 5.31. The van der Waals surface area contributed by atoms with E-state index in [1.54, 1.807) is 13.0 Å². The number of aryl methyl sites for hydroxylation is 1. The number of carboxylic acid groups (broad SMARTS) is 1. The maximum absolute atomic E-state index is 11.6. The van der Waals surface area contributed by atoms with Gasteiger partial charge in [0.1, 0.15) is 11.5 Å². The van der Waals surface area contributed by atoms with Crippen molar-refractivity contribution in [2.45, 2.75) is 27.2 Å². The van der Waals surface area contributed by atoms with Gasteiger partial charge in [-0.1, -0.05) is 13.8 Å². The average molecular weight is 293 g/mol. The Labute approximate surface area is 122 Å². The second-order valence-electron chi connectivity index (χ2n) is 5.82. The van der Waals surface area contributed by atoms with Crippen LogP contribution in [0.3, 0.4) is 0 Å². The van der Waals surface area contributed by atoms with Gasteiger partial charge in [0, 0.05) is 19.2 Å². The fourth-order valence-electron chi connectivity index (χ4n) is 2.83. The van der Waals surface area contributed by atoms with E-state index in [0.29, 0.717) is 31.0 Å². The smallest absolute Gasteiger partial charge is 0.311 e. The van der Waals surface area contributed by atoms with E-state index in [2.05, 4.69) is 4.98 Å². The van der Waals surface area contributed by atoms with Crippen molar-refractivity contribution in [3.63, 3.8) is 0 Å². The minimum atomic E-state index is -0.793. The monoisotopic (exact) mass is 293 g/mol. The van der Waals surface area contributed by atoms with Crippen molar-refractivity contribution in [2.24, 2.45) is 11.3 Å². The number of nitrogens with zero attached hydrogens (tertiary/aromatic N) is 3. The molecule has 0 spiro atoms. The predicted octanol–water partition coefficient (Wildman–Crippen LogP) is 2.24. The molecule has 7 heteroatoms. The summed E-state index contributed by atoms with van der Waals surface area (Å²) in [4.78, 5) is 28.1. The molecule has 114 valence electrons. The third-order valence-corrected chi connectivity index (χ3v) is 4.40. The molecule has 0 aromatic carbocycles. The lowest BCUT2D eigenvalue weighted by Gasteiger charge is -2.29. The summed E-state index contributed by atoms with van der Waals surface area (Å²) in [7, 11) is 0. The van der Waals surface area contributed by atoms with E-state index >= 15 is 0 Å². The number of hydrogen-bond donors (Lipinski definition) is 1. The minimum Gasteiger partial charge on any atom is -0.481 e. The van der Waals surface area contributed by atoms with Crippen LogP contribution in [0.25, 0.3) is 0 Å². The van der Waals surface area contributed by atoms with Crippen molar-refractivity contribution >= 4 is 17.5 Å². The Kier molecular flexibility index (Phi) is 3.85. The molecule has 0 bridgehead atoms. The molecule has 1 aromatic rings. The van der Waals surface area contributed by atoms with E-state index in [-0.39, 0.29) is 11.6 Å². The number of carboxylic acids is 1. The average Bonchev–Trinajstić information content (AvgIpc) is 2.84.